The molecule has 16 heavy (non-hydrogen) atoms. The zero-order chi connectivity index (χ0) is 12.3. The first-order valence-corrected chi connectivity index (χ1v) is 6.17. The molecule has 0 aliphatic carbocycles. The van der Waals surface area contributed by atoms with E-state index in [9.17, 15) is 18.1 Å². The summed E-state index contributed by atoms with van der Waals surface area (Å²) in [5, 5.41) is 9.19. The number of aliphatic hydroxyl groups excluding tert-OH is 1. The number of benzene rings is 1. The average molecular weight is 245 g/mol. The van der Waals surface area contributed by atoms with Crippen molar-refractivity contribution in [3.63, 3.8) is 0 Å². The molecule has 0 aliphatic heterocycles. The normalized spacial score (nSPS) is 13.8. The number of ether oxygens (including phenoxy) is 1. The minimum atomic E-state index is -4.73. The molecule has 1 aromatic rings. The van der Waals surface area contributed by atoms with Gasteiger partial charge in [-0.25, -0.2) is 8.42 Å². The molecule has 0 radical (unpaired) electrons. The summed E-state index contributed by atoms with van der Waals surface area (Å²) in [4.78, 5) is 0. The van der Waals surface area contributed by atoms with E-state index < -0.39 is 15.6 Å². The fraction of sp³-hybridized carbons (Fsp3) is 0.400. The molecule has 1 aromatic carbocycles. The molecular formula is C10H13O5S-. The highest BCUT2D eigenvalue weighted by Gasteiger charge is 2.14. The number of hydrogen-bond donors (Lipinski definition) is 1. The molecule has 0 aliphatic rings. The van der Waals surface area contributed by atoms with Crippen molar-refractivity contribution in [2.45, 2.75) is 25.4 Å². The lowest BCUT2D eigenvalue weighted by Crippen LogP contribution is -2.11. The molecule has 0 amide bonds. The van der Waals surface area contributed by atoms with E-state index in [-0.39, 0.29) is 11.7 Å². The molecule has 90 valence electrons. The highest BCUT2D eigenvalue weighted by atomic mass is 32.2. The van der Waals surface area contributed by atoms with Crippen molar-refractivity contribution in [2.75, 3.05) is 0 Å². The molecule has 1 N–H and O–H groups in total. The first-order valence-electron chi connectivity index (χ1n) is 4.70. The van der Waals surface area contributed by atoms with Crippen LogP contribution in [0.25, 0.3) is 0 Å². The highest BCUT2D eigenvalue weighted by molar-refractivity contribution is 7.85. The van der Waals surface area contributed by atoms with Crippen LogP contribution in [0.1, 0.15) is 24.8 Å². The summed E-state index contributed by atoms with van der Waals surface area (Å²) < 4.78 is 37.0. The number of rotatable bonds is 4. The van der Waals surface area contributed by atoms with Crippen LogP contribution in [0.15, 0.2) is 24.3 Å². The van der Waals surface area contributed by atoms with Gasteiger partial charge in [0.1, 0.15) is 15.9 Å². The van der Waals surface area contributed by atoms with Crippen molar-refractivity contribution >= 4 is 10.1 Å². The van der Waals surface area contributed by atoms with E-state index in [2.05, 4.69) is 0 Å². The lowest BCUT2D eigenvalue weighted by atomic mass is 10.2. The molecule has 1 atom stereocenters. The first-order chi connectivity index (χ1) is 7.30. The van der Waals surface area contributed by atoms with Crippen LogP contribution in [0.5, 0.6) is 5.75 Å². The van der Waals surface area contributed by atoms with E-state index in [0.717, 1.165) is 0 Å². The minimum Gasteiger partial charge on any atom is -0.746 e. The highest BCUT2D eigenvalue weighted by Crippen LogP contribution is 2.21. The third-order valence-corrected chi connectivity index (χ3v) is 2.63. The van der Waals surface area contributed by atoms with Gasteiger partial charge in [0.2, 0.25) is 0 Å². The third kappa shape index (κ3) is 3.48. The Morgan fingerprint density at radius 1 is 1.25 bits per heavy atom. The Balaban J connectivity index is 2.87. The van der Waals surface area contributed by atoms with Gasteiger partial charge in [-0.2, -0.15) is 0 Å². The Morgan fingerprint density at radius 3 is 2.12 bits per heavy atom. The molecule has 1 unspecified atom stereocenters. The van der Waals surface area contributed by atoms with Gasteiger partial charge in [-0.3, -0.25) is 0 Å². The molecule has 0 fully saturated rings. The Morgan fingerprint density at radius 2 is 1.75 bits per heavy atom. The van der Waals surface area contributed by atoms with E-state index in [1.165, 1.54) is 24.3 Å². The van der Waals surface area contributed by atoms with E-state index in [1.54, 1.807) is 0 Å². The largest absolute Gasteiger partial charge is 0.746 e. The zero-order valence-corrected chi connectivity index (χ0v) is 9.77. The first kappa shape index (κ1) is 13.0. The second kappa shape index (κ2) is 4.82. The standard InChI is InChI=1S/C10H14O5S/c1-7(2)15-9-5-3-8(4-6-9)10(11)16(12,13)14/h3-7,10-11H,1-2H3,(H,12,13,14)/p-1. The van der Waals surface area contributed by atoms with Crippen LogP contribution in [0, 0.1) is 0 Å². The molecule has 0 aromatic heterocycles. The molecular weight excluding hydrogens is 232 g/mol. The second-order valence-electron chi connectivity index (χ2n) is 3.58. The maximum Gasteiger partial charge on any atom is 0.168 e. The number of hydrogen-bond acceptors (Lipinski definition) is 5. The summed E-state index contributed by atoms with van der Waals surface area (Å²) in [6, 6.07) is 5.70. The van der Waals surface area contributed by atoms with E-state index in [4.69, 9.17) is 4.74 Å². The van der Waals surface area contributed by atoms with Crippen LogP contribution in [-0.4, -0.2) is 24.2 Å². The quantitative estimate of drug-likeness (QED) is 0.800. The molecule has 0 bridgehead atoms. The van der Waals surface area contributed by atoms with Gasteiger partial charge in [0.05, 0.1) is 6.10 Å². The van der Waals surface area contributed by atoms with Crippen LogP contribution < -0.4 is 4.74 Å². The number of aliphatic hydroxyl groups is 1. The molecule has 0 spiro atoms. The summed E-state index contributed by atoms with van der Waals surface area (Å²) in [5.74, 6) is 0.550. The van der Waals surface area contributed by atoms with Crippen molar-refractivity contribution in [1.82, 2.24) is 0 Å². The predicted octanol–water partition coefficient (Wildman–Crippen LogP) is 1.01. The van der Waals surface area contributed by atoms with Gasteiger partial charge in [-0.05, 0) is 31.5 Å². The smallest absolute Gasteiger partial charge is 0.168 e. The zero-order valence-electron chi connectivity index (χ0n) is 8.95. The van der Waals surface area contributed by atoms with E-state index >= 15 is 0 Å². The summed E-state index contributed by atoms with van der Waals surface area (Å²) in [6.45, 7) is 3.70. The van der Waals surface area contributed by atoms with Gasteiger partial charge in [0.15, 0.2) is 5.44 Å². The fourth-order valence-corrected chi connectivity index (χ4v) is 1.64. The maximum absolute atomic E-state index is 10.6. The third-order valence-electron chi connectivity index (χ3n) is 1.81. The van der Waals surface area contributed by atoms with Gasteiger partial charge in [0, 0.05) is 0 Å². The average Bonchev–Trinajstić information content (AvgIpc) is 2.15. The van der Waals surface area contributed by atoms with E-state index in [0.29, 0.717) is 5.75 Å². The van der Waals surface area contributed by atoms with Gasteiger partial charge in [-0.1, -0.05) is 12.1 Å². The van der Waals surface area contributed by atoms with Gasteiger partial charge in [-0.15, -0.1) is 0 Å². The molecule has 5 nitrogen and oxygen atoms in total. The second-order valence-corrected chi connectivity index (χ2v) is 5.01. The monoisotopic (exact) mass is 245 g/mol. The Hall–Kier alpha value is -1.11. The van der Waals surface area contributed by atoms with Gasteiger partial charge < -0.3 is 14.4 Å². The van der Waals surface area contributed by atoms with Crippen molar-refractivity contribution in [3.05, 3.63) is 29.8 Å². The Labute approximate surface area is 94.4 Å². The molecule has 1 rings (SSSR count). The van der Waals surface area contributed by atoms with Crippen molar-refractivity contribution in [1.29, 1.82) is 0 Å². The predicted molar refractivity (Wildman–Crippen MR) is 56.9 cm³/mol. The summed E-state index contributed by atoms with van der Waals surface area (Å²) in [5.41, 5.74) is -1.99. The molecule has 0 heterocycles. The molecule has 0 saturated heterocycles. The van der Waals surface area contributed by atoms with Gasteiger partial charge in [0.25, 0.3) is 0 Å². The van der Waals surface area contributed by atoms with Crippen LogP contribution >= 0.6 is 0 Å². The fourth-order valence-electron chi connectivity index (χ4n) is 1.15. The minimum absolute atomic E-state index is 0.000912. The molecule has 0 saturated carbocycles. The topological polar surface area (TPSA) is 86.7 Å². The van der Waals surface area contributed by atoms with Crippen LogP contribution in [0.2, 0.25) is 0 Å². The lowest BCUT2D eigenvalue weighted by Gasteiger charge is -2.16. The molecule has 6 heteroatoms. The maximum atomic E-state index is 10.6. The van der Waals surface area contributed by atoms with Gasteiger partial charge >= 0.3 is 0 Å². The van der Waals surface area contributed by atoms with Crippen molar-refractivity contribution in [3.8, 4) is 5.75 Å². The summed E-state index contributed by atoms with van der Waals surface area (Å²) in [7, 11) is -4.73. The summed E-state index contributed by atoms with van der Waals surface area (Å²) in [6.07, 6.45) is -0.000912. The summed E-state index contributed by atoms with van der Waals surface area (Å²) >= 11 is 0. The lowest BCUT2D eigenvalue weighted by molar-refractivity contribution is 0.233. The van der Waals surface area contributed by atoms with E-state index in [1.807, 2.05) is 13.8 Å². The van der Waals surface area contributed by atoms with Crippen molar-refractivity contribution < 1.29 is 22.8 Å². The SMILES string of the molecule is CC(C)Oc1ccc(C(O)S(=O)(=O)[O-])cc1. The van der Waals surface area contributed by atoms with Crippen LogP contribution in [-0.2, 0) is 10.1 Å². The Kier molecular flexibility index (Phi) is 3.90. The Bertz CT molecular complexity index is 435. The van der Waals surface area contributed by atoms with Crippen LogP contribution in [0.4, 0.5) is 0 Å². The van der Waals surface area contributed by atoms with Crippen molar-refractivity contribution in [2.24, 2.45) is 0 Å². The van der Waals surface area contributed by atoms with Crippen LogP contribution in [0.3, 0.4) is 0 Å².